The zero-order chi connectivity index (χ0) is 14.1. The Balaban J connectivity index is 1.74. The maximum absolute atomic E-state index is 12.6. The number of hydrogen-bond donors (Lipinski definition) is 1. The van der Waals surface area contributed by atoms with Gasteiger partial charge in [-0.3, -0.25) is 4.79 Å². The van der Waals surface area contributed by atoms with Crippen molar-refractivity contribution in [1.29, 1.82) is 0 Å². The summed E-state index contributed by atoms with van der Waals surface area (Å²) in [6.45, 7) is 4.31. The summed E-state index contributed by atoms with van der Waals surface area (Å²) in [4.78, 5) is 20.1. The van der Waals surface area contributed by atoms with Gasteiger partial charge < -0.3 is 10.6 Å². The van der Waals surface area contributed by atoms with Crippen LogP contribution < -0.4 is 5.73 Å². The van der Waals surface area contributed by atoms with Gasteiger partial charge in [0.05, 0.1) is 10.7 Å². The summed E-state index contributed by atoms with van der Waals surface area (Å²) in [5, 5.41) is 1.18. The standard InChI is InChI=1S/C15H23N3OS/c1-10-13(15(19)18-7-6-11(8-16)9-18)20-14(17-10)12-4-2-3-5-12/h11-12H,2-9,16H2,1H3/t11-/m0/s1. The molecular formula is C15H23N3OS. The monoisotopic (exact) mass is 293 g/mol. The lowest BCUT2D eigenvalue weighted by Crippen LogP contribution is -2.29. The minimum absolute atomic E-state index is 0.167. The molecule has 1 amide bonds. The molecule has 0 bridgehead atoms. The molecule has 1 aliphatic heterocycles. The number of hydrogen-bond acceptors (Lipinski definition) is 4. The Labute approximate surface area is 124 Å². The molecule has 4 nitrogen and oxygen atoms in total. The highest BCUT2D eigenvalue weighted by Gasteiger charge is 2.30. The van der Waals surface area contributed by atoms with Gasteiger partial charge in [-0.15, -0.1) is 11.3 Å². The van der Waals surface area contributed by atoms with Crippen molar-refractivity contribution < 1.29 is 4.79 Å². The number of likely N-dealkylation sites (tertiary alicyclic amines) is 1. The van der Waals surface area contributed by atoms with Crippen LogP contribution in [0, 0.1) is 12.8 Å². The Kier molecular flexibility index (Phi) is 4.08. The second-order valence-electron chi connectivity index (χ2n) is 6.09. The number of amides is 1. The molecule has 1 atom stereocenters. The third-order valence-corrected chi connectivity index (χ3v) is 5.93. The number of nitrogens with zero attached hydrogens (tertiary/aromatic N) is 2. The molecule has 20 heavy (non-hydrogen) atoms. The van der Waals surface area contributed by atoms with Crippen LogP contribution in [0.15, 0.2) is 0 Å². The number of thiazole rings is 1. The lowest BCUT2D eigenvalue weighted by Gasteiger charge is -2.15. The highest BCUT2D eigenvalue weighted by Crippen LogP contribution is 2.37. The fourth-order valence-electron chi connectivity index (χ4n) is 3.32. The van der Waals surface area contributed by atoms with E-state index in [0.717, 1.165) is 30.1 Å². The van der Waals surface area contributed by atoms with Crippen LogP contribution in [0.5, 0.6) is 0 Å². The molecule has 1 saturated carbocycles. The number of carbonyl (C=O) groups excluding carboxylic acids is 1. The summed E-state index contributed by atoms with van der Waals surface area (Å²) in [6.07, 6.45) is 6.11. The van der Waals surface area contributed by atoms with E-state index in [1.165, 1.54) is 30.7 Å². The molecule has 1 aliphatic carbocycles. The summed E-state index contributed by atoms with van der Waals surface area (Å²) < 4.78 is 0. The maximum Gasteiger partial charge on any atom is 0.265 e. The van der Waals surface area contributed by atoms with E-state index in [1.54, 1.807) is 11.3 Å². The van der Waals surface area contributed by atoms with Crippen molar-refractivity contribution >= 4 is 17.2 Å². The smallest absolute Gasteiger partial charge is 0.265 e. The van der Waals surface area contributed by atoms with Crippen LogP contribution in [0.3, 0.4) is 0 Å². The molecule has 1 aromatic rings. The minimum atomic E-state index is 0.167. The predicted octanol–water partition coefficient (Wildman–Crippen LogP) is 2.53. The van der Waals surface area contributed by atoms with Gasteiger partial charge in [-0.1, -0.05) is 12.8 Å². The number of aromatic nitrogens is 1. The van der Waals surface area contributed by atoms with Gasteiger partial charge in [0.15, 0.2) is 0 Å². The molecule has 2 aliphatic rings. The molecule has 3 rings (SSSR count). The van der Waals surface area contributed by atoms with Crippen molar-refractivity contribution in [3.63, 3.8) is 0 Å². The van der Waals surface area contributed by atoms with E-state index < -0.39 is 0 Å². The van der Waals surface area contributed by atoms with Gasteiger partial charge in [0.25, 0.3) is 5.91 Å². The molecule has 0 spiro atoms. The summed E-state index contributed by atoms with van der Waals surface area (Å²) in [6, 6.07) is 0. The Hall–Kier alpha value is -0.940. The van der Waals surface area contributed by atoms with Gasteiger partial charge in [0, 0.05) is 19.0 Å². The van der Waals surface area contributed by atoms with E-state index in [0.29, 0.717) is 18.4 Å². The van der Waals surface area contributed by atoms with Gasteiger partial charge in [-0.25, -0.2) is 4.98 Å². The van der Waals surface area contributed by atoms with Gasteiger partial charge >= 0.3 is 0 Å². The average Bonchev–Trinajstić information content (AvgIpc) is 3.18. The fraction of sp³-hybridized carbons (Fsp3) is 0.733. The first-order valence-electron chi connectivity index (χ1n) is 7.65. The van der Waals surface area contributed by atoms with Crippen molar-refractivity contribution in [1.82, 2.24) is 9.88 Å². The Morgan fingerprint density at radius 1 is 1.40 bits per heavy atom. The highest BCUT2D eigenvalue weighted by molar-refractivity contribution is 7.13. The normalized spacial score (nSPS) is 23.7. The zero-order valence-corrected chi connectivity index (χ0v) is 12.9. The lowest BCUT2D eigenvalue weighted by molar-refractivity contribution is 0.0791. The number of nitrogens with two attached hydrogens (primary N) is 1. The van der Waals surface area contributed by atoms with Crippen molar-refractivity contribution in [2.24, 2.45) is 11.7 Å². The number of aryl methyl sites for hydroxylation is 1. The Morgan fingerprint density at radius 3 is 2.80 bits per heavy atom. The second kappa shape index (κ2) is 5.82. The summed E-state index contributed by atoms with van der Waals surface area (Å²) in [5.74, 6) is 1.23. The third-order valence-electron chi connectivity index (χ3n) is 4.62. The first kappa shape index (κ1) is 14.0. The van der Waals surface area contributed by atoms with Crippen LogP contribution in [-0.2, 0) is 0 Å². The summed E-state index contributed by atoms with van der Waals surface area (Å²) in [7, 11) is 0. The van der Waals surface area contributed by atoms with Crippen molar-refractivity contribution in [3.8, 4) is 0 Å². The van der Waals surface area contributed by atoms with E-state index in [4.69, 9.17) is 5.73 Å². The van der Waals surface area contributed by atoms with Gasteiger partial charge in [-0.05, 0) is 38.6 Å². The Bertz CT molecular complexity index is 493. The third kappa shape index (κ3) is 2.61. The average molecular weight is 293 g/mol. The molecule has 2 fully saturated rings. The van der Waals surface area contributed by atoms with Crippen molar-refractivity contribution in [3.05, 3.63) is 15.6 Å². The zero-order valence-electron chi connectivity index (χ0n) is 12.1. The SMILES string of the molecule is Cc1nc(C2CCCC2)sc1C(=O)N1CC[C@@H](CN)C1. The van der Waals surface area contributed by atoms with E-state index in [2.05, 4.69) is 4.98 Å². The van der Waals surface area contributed by atoms with Crippen molar-refractivity contribution in [2.45, 2.75) is 44.9 Å². The maximum atomic E-state index is 12.6. The lowest BCUT2D eigenvalue weighted by atomic mass is 10.1. The van der Waals surface area contributed by atoms with Crippen LogP contribution in [-0.4, -0.2) is 35.4 Å². The molecule has 110 valence electrons. The molecule has 1 aromatic heterocycles. The van der Waals surface area contributed by atoms with Crippen LogP contribution in [0.2, 0.25) is 0 Å². The number of carbonyl (C=O) groups is 1. The van der Waals surface area contributed by atoms with Crippen molar-refractivity contribution in [2.75, 3.05) is 19.6 Å². The van der Waals surface area contributed by atoms with Gasteiger partial charge in [0.1, 0.15) is 4.88 Å². The molecule has 2 N–H and O–H groups in total. The number of rotatable bonds is 3. The van der Waals surface area contributed by atoms with Gasteiger partial charge in [0.2, 0.25) is 0 Å². The molecule has 1 saturated heterocycles. The molecule has 0 radical (unpaired) electrons. The predicted molar refractivity (Wildman–Crippen MR) is 81.1 cm³/mol. The molecule has 5 heteroatoms. The van der Waals surface area contributed by atoms with E-state index >= 15 is 0 Å². The highest BCUT2D eigenvalue weighted by atomic mass is 32.1. The molecule has 0 unspecified atom stereocenters. The quantitative estimate of drug-likeness (QED) is 0.931. The molecule has 0 aromatic carbocycles. The molecule has 2 heterocycles. The van der Waals surface area contributed by atoms with Crippen LogP contribution in [0.1, 0.15) is 58.4 Å². The summed E-state index contributed by atoms with van der Waals surface area (Å²) >= 11 is 1.63. The minimum Gasteiger partial charge on any atom is -0.338 e. The topological polar surface area (TPSA) is 59.2 Å². The first-order chi connectivity index (χ1) is 9.69. The Morgan fingerprint density at radius 2 is 2.15 bits per heavy atom. The molecular weight excluding hydrogens is 270 g/mol. The second-order valence-corrected chi connectivity index (χ2v) is 7.12. The summed E-state index contributed by atoms with van der Waals surface area (Å²) in [5.41, 5.74) is 6.62. The largest absolute Gasteiger partial charge is 0.338 e. The first-order valence-corrected chi connectivity index (χ1v) is 8.47. The van der Waals surface area contributed by atoms with Crippen LogP contribution >= 0.6 is 11.3 Å². The van der Waals surface area contributed by atoms with Crippen LogP contribution in [0.4, 0.5) is 0 Å². The van der Waals surface area contributed by atoms with E-state index in [1.807, 2.05) is 11.8 Å². The van der Waals surface area contributed by atoms with Gasteiger partial charge in [-0.2, -0.15) is 0 Å². The van der Waals surface area contributed by atoms with E-state index in [9.17, 15) is 4.79 Å². The fourth-order valence-corrected chi connectivity index (χ4v) is 4.52. The van der Waals surface area contributed by atoms with Crippen LogP contribution in [0.25, 0.3) is 0 Å². The van der Waals surface area contributed by atoms with E-state index in [-0.39, 0.29) is 5.91 Å².